The van der Waals surface area contributed by atoms with Crippen LogP contribution >= 0.6 is 11.6 Å². The van der Waals surface area contributed by atoms with Crippen LogP contribution < -0.4 is 0 Å². The van der Waals surface area contributed by atoms with Crippen LogP contribution in [0.5, 0.6) is 5.75 Å². The van der Waals surface area contributed by atoms with Crippen LogP contribution in [0.15, 0.2) is 12.1 Å². The second-order valence-electron chi connectivity index (χ2n) is 4.52. The van der Waals surface area contributed by atoms with Crippen molar-refractivity contribution in [1.82, 2.24) is 0 Å². The Bertz CT molecular complexity index is 425. The fourth-order valence-corrected chi connectivity index (χ4v) is 2.15. The third kappa shape index (κ3) is 2.47. The predicted octanol–water partition coefficient (Wildman–Crippen LogP) is 3.11. The number of carboxylic acids is 1. The molecule has 16 heavy (non-hydrogen) atoms. The summed E-state index contributed by atoms with van der Waals surface area (Å²) in [4.78, 5) is 10.8. The summed E-state index contributed by atoms with van der Waals surface area (Å²) in [6.07, 6.45) is -0.0538. The van der Waals surface area contributed by atoms with Crippen LogP contribution in [0.25, 0.3) is 0 Å². The third-order valence-electron chi connectivity index (χ3n) is 2.65. The largest absolute Gasteiger partial charge is 0.508 e. The zero-order chi connectivity index (χ0) is 12.5. The van der Waals surface area contributed by atoms with E-state index in [9.17, 15) is 9.90 Å². The predicted molar refractivity (Wildman–Crippen MR) is 63.1 cm³/mol. The van der Waals surface area contributed by atoms with Crippen molar-refractivity contribution in [2.45, 2.75) is 32.6 Å². The van der Waals surface area contributed by atoms with Gasteiger partial charge in [0, 0.05) is 16.0 Å². The Balaban J connectivity index is 3.31. The highest BCUT2D eigenvalue weighted by atomic mass is 35.5. The molecule has 1 aromatic carbocycles. The molecule has 0 aliphatic rings. The number of carbonyl (C=O) groups is 1. The van der Waals surface area contributed by atoms with E-state index < -0.39 is 11.4 Å². The maximum Gasteiger partial charge on any atom is 0.304 e. The highest BCUT2D eigenvalue weighted by Gasteiger charge is 2.29. The van der Waals surface area contributed by atoms with E-state index in [1.807, 2.05) is 0 Å². The summed E-state index contributed by atoms with van der Waals surface area (Å²) in [7, 11) is 0. The smallest absolute Gasteiger partial charge is 0.304 e. The molecule has 88 valence electrons. The molecule has 0 bridgehead atoms. The summed E-state index contributed by atoms with van der Waals surface area (Å²) in [6, 6.07) is 3.10. The van der Waals surface area contributed by atoms with E-state index >= 15 is 0 Å². The van der Waals surface area contributed by atoms with Gasteiger partial charge in [-0.15, -0.1) is 0 Å². The Morgan fingerprint density at radius 2 is 2.00 bits per heavy atom. The molecule has 0 radical (unpaired) electrons. The van der Waals surface area contributed by atoms with E-state index in [1.54, 1.807) is 26.8 Å². The van der Waals surface area contributed by atoms with E-state index in [0.29, 0.717) is 10.6 Å². The minimum Gasteiger partial charge on any atom is -0.508 e. The van der Waals surface area contributed by atoms with E-state index in [1.165, 1.54) is 6.07 Å². The quantitative estimate of drug-likeness (QED) is 0.856. The standard InChI is InChI=1S/C12H15ClO3/c1-7-8(13)4-5-9(14)11(7)12(2,3)6-10(15)16/h4-5,14H,6H2,1-3H3,(H,15,16). The number of aliphatic carboxylic acids is 1. The molecule has 0 saturated carbocycles. The van der Waals surface area contributed by atoms with E-state index in [4.69, 9.17) is 16.7 Å². The second-order valence-corrected chi connectivity index (χ2v) is 4.93. The lowest BCUT2D eigenvalue weighted by Crippen LogP contribution is -2.23. The first-order valence-corrected chi connectivity index (χ1v) is 5.34. The van der Waals surface area contributed by atoms with Gasteiger partial charge in [0.2, 0.25) is 0 Å². The summed E-state index contributed by atoms with van der Waals surface area (Å²) in [5.41, 5.74) is 0.681. The normalized spacial score (nSPS) is 11.5. The molecule has 0 amide bonds. The number of aromatic hydroxyl groups is 1. The molecule has 2 N–H and O–H groups in total. The molecule has 0 aliphatic heterocycles. The lowest BCUT2D eigenvalue weighted by atomic mass is 9.79. The lowest BCUT2D eigenvalue weighted by Gasteiger charge is -2.26. The molecule has 1 rings (SSSR count). The van der Waals surface area contributed by atoms with Crippen molar-refractivity contribution in [3.63, 3.8) is 0 Å². The molecule has 0 heterocycles. The van der Waals surface area contributed by atoms with Gasteiger partial charge in [-0.05, 0) is 24.6 Å². The molecule has 0 fully saturated rings. The lowest BCUT2D eigenvalue weighted by molar-refractivity contribution is -0.138. The molecule has 3 nitrogen and oxygen atoms in total. The Hall–Kier alpha value is -1.22. The first-order chi connectivity index (χ1) is 7.25. The average molecular weight is 243 g/mol. The van der Waals surface area contributed by atoms with Gasteiger partial charge in [0.1, 0.15) is 5.75 Å². The van der Waals surface area contributed by atoms with Gasteiger partial charge in [0.25, 0.3) is 0 Å². The number of hydrogen-bond acceptors (Lipinski definition) is 2. The Morgan fingerprint density at radius 1 is 1.44 bits per heavy atom. The number of hydrogen-bond donors (Lipinski definition) is 2. The summed E-state index contributed by atoms with van der Waals surface area (Å²) >= 11 is 5.97. The van der Waals surface area contributed by atoms with Gasteiger partial charge >= 0.3 is 5.97 Å². The van der Waals surface area contributed by atoms with Crippen LogP contribution in [0.3, 0.4) is 0 Å². The highest BCUT2D eigenvalue weighted by Crippen LogP contribution is 2.38. The fraction of sp³-hybridized carbons (Fsp3) is 0.417. The number of benzene rings is 1. The Labute approximate surface area is 99.7 Å². The molecule has 1 aromatic rings. The number of rotatable bonds is 3. The molecule has 0 aliphatic carbocycles. The van der Waals surface area contributed by atoms with Crippen molar-refractivity contribution in [2.75, 3.05) is 0 Å². The Kier molecular flexibility index (Phi) is 3.48. The van der Waals surface area contributed by atoms with Crippen LogP contribution in [0.1, 0.15) is 31.4 Å². The fourth-order valence-electron chi connectivity index (χ4n) is 1.99. The topological polar surface area (TPSA) is 57.5 Å². The van der Waals surface area contributed by atoms with Gasteiger partial charge in [0.15, 0.2) is 0 Å². The molecule has 0 saturated heterocycles. The van der Waals surface area contributed by atoms with Crippen LogP contribution in [-0.2, 0) is 10.2 Å². The highest BCUT2D eigenvalue weighted by molar-refractivity contribution is 6.31. The number of phenolic OH excluding ortho intramolecular Hbond substituents is 1. The molecular formula is C12H15ClO3. The minimum absolute atomic E-state index is 0.0538. The van der Waals surface area contributed by atoms with Gasteiger partial charge in [-0.2, -0.15) is 0 Å². The molecule has 4 heteroatoms. The van der Waals surface area contributed by atoms with E-state index in [2.05, 4.69) is 0 Å². The average Bonchev–Trinajstić information content (AvgIpc) is 2.09. The van der Waals surface area contributed by atoms with Gasteiger partial charge in [-0.25, -0.2) is 0 Å². The van der Waals surface area contributed by atoms with Gasteiger partial charge < -0.3 is 10.2 Å². The van der Waals surface area contributed by atoms with Crippen molar-refractivity contribution in [1.29, 1.82) is 0 Å². The Morgan fingerprint density at radius 3 is 2.50 bits per heavy atom. The number of halogens is 1. The summed E-state index contributed by atoms with van der Waals surface area (Å²) in [5, 5.41) is 19.2. The molecular weight excluding hydrogens is 228 g/mol. The molecule has 0 unspecified atom stereocenters. The number of phenols is 1. The number of carboxylic acid groups (broad SMARTS) is 1. The van der Waals surface area contributed by atoms with Crippen LogP contribution in [0, 0.1) is 6.92 Å². The van der Waals surface area contributed by atoms with E-state index in [0.717, 1.165) is 5.56 Å². The van der Waals surface area contributed by atoms with Gasteiger partial charge in [-0.1, -0.05) is 25.4 Å². The monoisotopic (exact) mass is 242 g/mol. The minimum atomic E-state index is -0.899. The van der Waals surface area contributed by atoms with Crippen molar-refractivity contribution < 1.29 is 15.0 Å². The van der Waals surface area contributed by atoms with Crippen LogP contribution in [0.4, 0.5) is 0 Å². The van der Waals surface area contributed by atoms with Gasteiger partial charge in [-0.3, -0.25) is 4.79 Å². The van der Waals surface area contributed by atoms with Crippen LogP contribution in [0.2, 0.25) is 5.02 Å². The maximum atomic E-state index is 10.8. The third-order valence-corrected chi connectivity index (χ3v) is 3.06. The summed E-state index contributed by atoms with van der Waals surface area (Å²) < 4.78 is 0. The first-order valence-electron chi connectivity index (χ1n) is 4.96. The molecule has 0 aromatic heterocycles. The SMILES string of the molecule is Cc1c(Cl)ccc(O)c1C(C)(C)CC(=O)O. The van der Waals surface area contributed by atoms with E-state index in [-0.39, 0.29) is 12.2 Å². The first kappa shape index (κ1) is 12.8. The van der Waals surface area contributed by atoms with Crippen molar-refractivity contribution in [3.8, 4) is 5.75 Å². The maximum absolute atomic E-state index is 10.8. The molecule has 0 spiro atoms. The molecule has 0 atom stereocenters. The van der Waals surface area contributed by atoms with Crippen molar-refractivity contribution in [3.05, 3.63) is 28.3 Å². The second kappa shape index (κ2) is 4.34. The van der Waals surface area contributed by atoms with Crippen molar-refractivity contribution in [2.24, 2.45) is 0 Å². The van der Waals surface area contributed by atoms with Crippen LogP contribution in [-0.4, -0.2) is 16.2 Å². The van der Waals surface area contributed by atoms with Gasteiger partial charge in [0.05, 0.1) is 6.42 Å². The summed E-state index contributed by atoms with van der Waals surface area (Å²) in [5.74, 6) is -0.808. The van der Waals surface area contributed by atoms with Crippen molar-refractivity contribution >= 4 is 17.6 Å². The summed E-state index contributed by atoms with van der Waals surface area (Å²) in [6.45, 7) is 5.33. The zero-order valence-corrected chi connectivity index (χ0v) is 10.3. The zero-order valence-electron chi connectivity index (χ0n) is 9.54.